The highest BCUT2D eigenvalue weighted by molar-refractivity contribution is 6.30. The highest BCUT2D eigenvalue weighted by atomic mass is 15.1. The Kier molecular flexibility index (Phi) is 11.7. The van der Waals surface area contributed by atoms with Crippen LogP contribution in [0.5, 0.6) is 0 Å². The summed E-state index contributed by atoms with van der Waals surface area (Å²) in [4.78, 5) is 5.03. The van der Waals surface area contributed by atoms with Crippen molar-refractivity contribution < 1.29 is 0 Å². The first-order valence-corrected chi connectivity index (χ1v) is 33.8. The van der Waals surface area contributed by atoms with E-state index in [1.54, 1.807) is 0 Å². The quantitative estimate of drug-likeness (QED) is 0.140. The number of rotatable bonds is 8. The SMILES string of the molecule is Cc1ccc(N(c2ccc3c(c2)C(C)(C)c2ccccc2-3)c2ccc3c(-c4ccc5c6c(cccc46)-c4ccccc4-5)c4cc(N(c5ccc(C(C)(C)C)cc5)c5ccc6c(c5)C(C)(C)c5ccccc5-6)ccc4c(-c4ccc5c6c(cccc46)-c4ccccc4-5)c3c2)cc1. The molecule has 0 atom stereocenters. The molecule has 0 fully saturated rings. The molecule has 0 bridgehead atoms. The van der Waals surface area contributed by atoms with Crippen molar-refractivity contribution >= 4 is 77.2 Å². The number of fused-ring (bicyclic) bond motifs is 14. The largest absolute Gasteiger partial charge is 0.310 e. The van der Waals surface area contributed by atoms with E-state index >= 15 is 0 Å². The van der Waals surface area contributed by atoms with Crippen molar-refractivity contribution in [3.63, 3.8) is 0 Å². The van der Waals surface area contributed by atoms with Gasteiger partial charge in [0.25, 0.3) is 0 Å². The maximum Gasteiger partial charge on any atom is 0.0468 e. The second-order valence-electron chi connectivity index (χ2n) is 29.2. The van der Waals surface area contributed by atoms with Crippen molar-refractivity contribution in [2.45, 2.75) is 71.6 Å². The van der Waals surface area contributed by atoms with E-state index in [0.29, 0.717) is 0 Å². The Bertz CT molecular complexity index is 5770. The molecule has 95 heavy (non-hydrogen) atoms. The predicted molar refractivity (Wildman–Crippen MR) is 404 cm³/mol. The summed E-state index contributed by atoms with van der Waals surface area (Å²) in [6.45, 7) is 18.7. The second kappa shape index (κ2) is 20.0. The van der Waals surface area contributed by atoms with Crippen LogP contribution in [-0.4, -0.2) is 0 Å². The van der Waals surface area contributed by atoms with Crippen LogP contribution >= 0.6 is 0 Å². The van der Waals surface area contributed by atoms with Crippen molar-refractivity contribution in [2.75, 3.05) is 9.80 Å². The second-order valence-corrected chi connectivity index (χ2v) is 29.2. The lowest BCUT2D eigenvalue weighted by molar-refractivity contribution is 0.590. The zero-order valence-electron chi connectivity index (χ0n) is 55.0. The number of anilines is 6. The van der Waals surface area contributed by atoms with Crippen molar-refractivity contribution in [1.82, 2.24) is 0 Å². The standard InChI is InChI=1S/C93H70N2/c1-55-31-35-57(36-32-55)94(61-39-43-69-67-23-13-15-29-83(67)92(5,6)85(69)53-61)59-41-45-79-81(51-59)89(77-49-47-75-65-21-11-9-19-63(65)71-25-17-27-73(77)87(71)75)80-46-42-60(52-82(80)90(79)78-50-48-76-66-22-12-10-20-64(66)72-26-18-28-74(78)88(72)76)95(58-37-33-56(34-38-58)91(2,3)4)62-40-44-70-68-24-14-16-30-84(68)93(7,8)86(70)54-62/h9-54H,1-8H3. The van der Waals surface area contributed by atoms with E-state index in [0.717, 1.165) is 34.1 Å². The first-order valence-electron chi connectivity index (χ1n) is 33.8. The van der Waals surface area contributed by atoms with Crippen LogP contribution in [0, 0.1) is 6.92 Å². The fourth-order valence-electron chi connectivity index (χ4n) is 17.5. The van der Waals surface area contributed by atoms with Crippen molar-refractivity contribution in [3.8, 4) is 89.0 Å². The maximum absolute atomic E-state index is 2.54. The Morgan fingerprint density at radius 3 is 0.979 bits per heavy atom. The van der Waals surface area contributed by atoms with Crippen LogP contribution in [0.4, 0.5) is 34.1 Å². The summed E-state index contributed by atoms with van der Waals surface area (Å²) in [5.41, 5.74) is 34.7. The fraction of sp³-hybridized carbons (Fsp3) is 0.118. The molecule has 4 aliphatic carbocycles. The van der Waals surface area contributed by atoms with Gasteiger partial charge in [-0.15, -0.1) is 0 Å². The summed E-state index contributed by atoms with van der Waals surface area (Å²) < 4.78 is 0. The minimum atomic E-state index is -0.193. The van der Waals surface area contributed by atoms with Crippen LogP contribution in [0.1, 0.15) is 81.8 Å². The molecule has 0 N–H and O–H groups in total. The molecule has 2 heteroatoms. The first-order chi connectivity index (χ1) is 46.2. The van der Waals surface area contributed by atoms with Gasteiger partial charge in [0.2, 0.25) is 0 Å². The molecule has 4 aliphatic rings. The van der Waals surface area contributed by atoms with E-state index in [9.17, 15) is 0 Å². The van der Waals surface area contributed by atoms with Crippen LogP contribution in [0.15, 0.2) is 279 Å². The van der Waals surface area contributed by atoms with Crippen LogP contribution in [0.25, 0.3) is 132 Å². The molecule has 0 aromatic heterocycles. The summed E-state index contributed by atoms with van der Waals surface area (Å²) >= 11 is 0. The van der Waals surface area contributed by atoms with Crippen LogP contribution < -0.4 is 9.80 Å². The molecular formula is C93H70N2. The van der Waals surface area contributed by atoms with E-state index in [4.69, 9.17) is 0 Å². The minimum absolute atomic E-state index is 0.0177. The number of benzene rings is 15. The summed E-state index contributed by atoms with van der Waals surface area (Å²) in [6.07, 6.45) is 0. The van der Waals surface area contributed by atoms with Gasteiger partial charge in [0.1, 0.15) is 0 Å². The molecule has 0 radical (unpaired) electrons. The topological polar surface area (TPSA) is 6.48 Å². The third-order valence-electron chi connectivity index (χ3n) is 22.2. The molecule has 0 aliphatic heterocycles. The predicted octanol–water partition coefficient (Wildman–Crippen LogP) is 26.1. The summed E-state index contributed by atoms with van der Waals surface area (Å²) in [7, 11) is 0. The molecule has 19 rings (SSSR count). The molecule has 0 spiro atoms. The number of nitrogens with zero attached hydrogens (tertiary/aromatic N) is 2. The summed E-state index contributed by atoms with van der Waals surface area (Å²) in [5.74, 6) is 0. The minimum Gasteiger partial charge on any atom is -0.310 e. The summed E-state index contributed by atoms with van der Waals surface area (Å²) in [5, 5.41) is 9.91. The van der Waals surface area contributed by atoms with Crippen LogP contribution in [0.3, 0.4) is 0 Å². The number of aryl methyl sites for hydroxylation is 1. The van der Waals surface area contributed by atoms with Gasteiger partial charge < -0.3 is 9.80 Å². The molecule has 2 nitrogen and oxygen atoms in total. The van der Waals surface area contributed by atoms with Crippen molar-refractivity contribution in [1.29, 1.82) is 0 Å². The zero-order chi connectivity index (χ0) is 64.0. The molecule has 0 unspecified atom stereocenters. The molecule has 0 amide bonds. The molecule has 15 aromatic carbocycles. The number of hydrogen-bond acceptors (Lipinski definition) is 2. The normalized spacial score (nSPS) is 13.9. The lowest BCUT2D eigenvalue weighted by atomic mass is 9.82. The van der Waals surface area contributed by atoms with E-state index in [2.05, 4.69) is 344 Å². The Morgan fingerprint density at radius 1 is 0.242 bits per heavy atom. The van der Waals surface area contributed by atoms with Gasteiger partial charge in [-0.05, 0) is 245 Å². The molecular weight excluding hydrogens is 1150 g/mol. The van der Waals surface area contributed by atoms with Gasteiger partial charge in [-0.1, -0.05) is 260 Å². The Balaban J connectivity index is 0.932. The van der Waals surface area contributed by atoms with Gasteiger partial charge in [-0.25, -0.2) is 0 Å². The monoisotopic (exact) mass is 1210 g/mol. The number of hydrogen-bond donors (Lipinski definition) is 0. The average molecular weight is 1220 g/mol. The molecule has 15 aromatic rings. The highest BCUT2D eigenvalue weighted by Crippen LogP contribution is 2.58. The van der Waals surface area contributed by atoms with Gasteiger partial charge in [-0.2, -0.15) is 0 Å². The maximum atomic E-state index is 2.54. The lowest BCUT2D eigenvalue weighted by Crippen LogP contribution is -2.17. The Hall–Kier alpha value is -11.1. The van der Waals surface area contributed by atoms with Crippen molar-refractivity contribution in [3.05, 3.63) is 312 Å². The molecule has 0 heterocycles. The van der Waals surface area contributed by atoms with E-state index in [1.165, 1.54) is 165 Å². The van der Waals surface area contributed by atoms with Gasteiger partial charge in [0, 0.05) is 45.0 Å². The van der Waals surface area contributed by atoms with Crippen LogP contribution in [0.2, 0.25) is 0 Å². The average Bonchev–Trinajstić information content (AvgIpc) is 1.67. The van der Waals surface area contributed by atoms with Gasteiger partial charge >= 0.3 is 0 Å². The third-order valence-corrected chi connectivity index (χ3v) is 22.2. The first kappa shape index (κ1) is 55.6. The van der Waals surface area contributed by atoms with Gasteiger partial charge in [-0.3, -0.25) is 0 Å². The Labute approximate surface area is 556 Å². The highest BCUT2D eigenvalue weighted by Gasteiger charge is 2.38. The Morgan fingerprint density at radius 2 is 0.558 bits per heavy atom. The van der Waals surface area contributed by atoms with Gasteiger partial charge in [0.15, 0.2) is 0 Å². The molecule has 0 saturated heterocycles. The smallest absolute Gasteiger partial charge is 0.0468 e. The zero-order valence-corrected chi connectivity index (χ0v) is 55.0. The fourth-order valence-corrected chi connectivity index (χ4v) is 17.5. The van der Waals surface area contributed by atoms with Gasteiger partial charge in [0.05, 0.1) is 0 Å². The van der Waals surface area contributed by atoms with E-state index in [1.807, 2.05) is 0 Å². The van der Waals surface area contributed by atoms with Crippen molar-refractivity contribution in [2.24, 2.45) is 0 Å². The third kappa shape index (κ3) is 7.98. The van der Waals surface area contributed by atoms with E-state index < -0.39 is 0 Å². The van der Waals surface area contributed by atoms with Crippen LogP contribution in [-0.2, 0) is 16.2 Å². The molecule has 452 valence electrons. The molecule has 0 saturated carbocycles. The lowest BCUT2D eigenvalue weighted by Gasteiger charge is -2.30. The summed E-state index contributed by atoms with van der Waals surface area (Å²) in [6, 6.07) is 107. The van der Waals surface area contributed by atoms with E-state index in [-0.39, 0.29) is 16.2 Å².